The van der Waals surface area contributed by atoms with Crippen molar-refractivity contribution in [3.63, 3.8) is 0 Å². The van der Waals surface area contributed by atoms with Gasteiger partial charge in [0.15, 0.2) is 5.78 Å². The zero-order valence-corrected chi connectivity index (χ0v) is 33.2. The van der Waals surface area contributed by atoms with E-state index in [2.05, 4.69) is 10.3 Å². The van der Waals surface area contributed by atoms with Crippen LogP contribution in [0.3, 0.4) is 0 Å². The zero-order chi connectivity index (χ0) is 40.5. The van der Waals surface area contributed by atoms with Gasteiger partial charge < -0.3 is 30.4 Å². The molecule has 4 N–H and O–H groups in total. The first-order chi connectivity index (χ1) is 25.3. The van der Waals surface area contributed by atoms with Crippen molar-refractivity contribution >= 4 is 42.0 Å². The van der Waals surface area contributed by atoms with Crippen molar-refractivity contribution in [3.05, 3.63) is 17.7 Å². The molecular weight excluding hydrogens is 698 g/mol. The largest absolute Gasteiger partial charge is 0.481 e. The molecule has 0 saturated heterocycles. The van der Waals surface area contributed by atoms with Crippen LogP contribution in [-0.2, 0) is 46.4 Å². The third-order valence-electron chi connectivity index (χ3n) is 9.07. The fourth-order valence-corrected chi connectivity index (χ4v) is 6.44. The highest BCUT2D eigenvalue weighted by atomic mass is 16.6. The number of carbonyl (C=O) groups is 7. The van der Waals surface area contributed by atoms with Crippen LogP contribution >= 0.6 is 0 Å². The highest BCUT2D eigenvalue weighted by Gasteiger charge is 2.41. The number of rotatable bonds is 23. The second-order valence-corrected chi connectivity index (χ2v) is 16.2. The van der Waals surface area contributed by atoms with E-state index in [4.69, 9.17) is 15.2 Å². The number of carbonyl (C=O) groups excluding carboxylic acids is 6. The van der Waals surface area contributed by atoms with E-state index in [1.54, 1.807) is 41.5 Å². The number of hydrogen-bond donors (Lipinski definition) is 3. The van der Waals surface area contributed by atoms with E-state index in [0.29, 0.717) is 30.7 Å². The number of Topliss-reactive ketones (excluding diaryl/α,β-unsaturated/α-hetero) is 1. The van der Waals surface area contributed by atoms with Crippen LogP contribution in [0.4, 0.5) is 9.59 Å². The van der Waals surface area contributed by atoms with Crippen LogP contribution in [0.15, 0.2) is 6.33 Å². The van der Waals surface area contributed by atoms with Gasteiger partial charge >= 0.3 is 18.2 Å². The van der Waals surface area contributed by atoms with Crippen molar-refractivity contribution in [2.24, 2.45) is 11.7 Å². The van der Waals surface area contributed by atoms with E-state index in [-0.39, 0.29) is 38.6 Å². The normalized spacial score (nSPS) is 15.4. The average molecular weight is 762 g/mol. The second kappa shape index (κ2) is 22.2. The summed E-state index contributed by atoms with van der Waals surface area (Å²) in [5.74, 6) is -3.61. The lowest BCUT2D eigenvalue weighted by atomic mass is 9.87. The van der Waals surface area contributed by atoms with Crippen molar-refractivity contribution in [1.29, 1.82) is 0 Å². The summed E-state index contributed by atoms with van der Waals surface area (Å²) in [6.45, 7) is 9.97. The Balaban J connectivity index is 2.22. The lowest BCUT2D eigenvalue weighted by molar-refractivity contribution is -0.137. The minimum atomic E-state index is -1.19. The molecule has 0 bridgehead atoms. The number of carboxylic acid groups (broad SMARTS) is 1. The van der Waals surface area contributed by atoms with Gasteiger partial charge in [0.25, 0.3) is 0 Å². The van der Waals surface area contributed by atoms with Crippen molar-refractivity contribution in [1.82, 2.24) is 19.8 Å². The minimum absolute atomic E-state index is 0.00103. The van der Waals surface area contributed by atoms with E-state index < -0.39 is 65.0 Å². The smallest absolute Gasteiger partial charge is 0.420 e. The molecule has 1 unspecified atom stereocenters. The van der Waals surface area contributed by atoms with Crippen LogP contribution in [0, 0.1) is 5.92 Å². The van der Waals surface area contributed by atoms with Gasteiger partial charge in [-0.05, 0) is 67.2 Å². The Kier molecular flexibility index (Phi) is 18.8. The Morgan fingerprint density at radius 3 is 1.96 bits per heavy atom. The van der Waals surface area contributed by atoms with Crippen molar-refractivity contribution in [2.45, 2.75) is 181 Å². The molecule has 54 heavy (non-hydrogen) atoms. The van der Waals surface area contributed by atoms with Gasteiger partial charge in [-0.15, -0.1) is 0 Å². The topological polar surface area (TPSA) is 217 Å². The van der Waals surface area contributed by atoms with E-state index in [1.807, 2.05) is 0 Å². The number of imidazole rings is 1. The molecule has 0 fully saturated rings. The van der Waals surface area contributed by atoms with Crippen LogP contribution in [0.1, 0.15) is 156 Å². The fourth-order valence-electron chi connectivity index (χ4n) is 6.44. The second-order valence-electron chi connectivity index (χ2n) is 16.2. The summed E-state index contributed by atoms with van der Waals surface area (Å²) in [5, 5.41) is 12.1. The van der Waals surface area contributed by atoms with Gasteiger partial charge in [0.1, 0.15) is 29.9 Å². The predicted octanol–water partition coefficient (Wildman–Crippen LogP) is 6.01. The third kappa shape index (κ3) is 16.8. The van der Waals surface area contributed by atoms with Crippen molar-refractivity contribution in [2.75, 3.05) is 0 Å². The average Bonchev–Trinajstić information content (AvgIpc) is 3.48. The predicted molar refractivity (Wildman–Crippen MR) is 200 cm³/mol. The summed E-state index contributed by atoms with van der Waals surface area (Å²) < 4.78 is 12.3. The molecule has 2 rings (SSSR count). The molecule has 0 spiro atoms. The summed E-state index contributed by atoms with van der Waals surface area (Å²) in [7, 11) is 0. The molecule has 0 aliphatic carbocycles. The highest BCUT2D eigenvalue weighted by Crippen LogP contribution is 2.27. The maximum Gasteiger partial charge on any atom is 0.420 e. The van der Waals surface area contributed by atoms with Crippen LogP contribution in [-0.4, -0.2) is 84.9 Å². The molecule has 1 aliphatic rings. The molecule has 2 heterocycles. The van der Waals surface area contributed by atoms with Crippen LogP contribution in [0.2, 0.25) is 0 Å². The summed E-state index contributed by atoms with van der Waals surface area (Å²) >= 11 is 0. The number of unbranched alkanes of at least 4 members (excludes halogenated alkanes) is 10. The Morgan fingerprint density at radius 2 is 1.43 bits per heavy atom. The molecule has 1 aromatic heterocycles. The maximum atomic E-state index is 14.1. The Bertz CT molecular complexity index is 1430. The van der Waals surface area contributed by atoms with E-state index in [0.717, 1.165) is 64.1 Å². The number of fused-ring (bicyclic) bond motifs is 1. The minimum Gasteiger partial charge on any atom is -0.481 e. The number of ketones is 1. The maximum absolute atomic E-state index is 14.1. The summed E-state index contributed by atoms with van der Waals surface area (Å²) in [6.07, 6.45) is 11.2. The molecule has 0 radical (unpaired) electrons. The lowest BCUT2D eigenvalue weighted by Crippen LogP contribution is -2.57. The standard InChI is InChI=1S/C39H63N5O10/c1-38(2,3)53-36(51)43-25-31-29(41-26-44(31)37(52)54-39(4,5)6)24-30(43)35(50)42-28(20-18-21-33(47)48)34(49)27(23-32(40)46)19-16-14-12-10-8-7-9-11-13-15-17-22-45/h22,26-28,30H,7-21,23-25H2,1-6H3,(H2,40,46)(H,42,50)(H,47,48)/t27?,28-,30-/m0/s1. The molecule has 304 valence electrons. The molecule has 0 aromatic carbocycles. The van der Waals surface area contributed by atoms with E-state index in [1.165, 1.54) is 15.8 Å². The molecule has 15 nitrogen and oxygen atoms in total. The number of carboxylic acids is 1. The summed E-state index contributed by atoms with van der Waals surface area (Å²) in [5.41, 5.74) is 4.57. The third-order valence-corrected chi connectivity index (χ3v) is 9.07. The first-order valence-electron chi connectivity index (χ1n) is 19.4. The first kappa shape index (κ1) is 45.9. The molecule has 0 saturated carbocycles. The zero-order valence-electron chi connectivity index (χ0n) is 33.2. The number of hydrogen-bond acceptors (Lipinski definition) is 10. The number of nitrogens with two attached hydrogens (primary N) is 1. The van der Waals surface area contributed by atoms with Crippen LogP contribution < -0.4 is 11.1 Å². The number of amides is 3. The van der Waals surface area contributed by atoms with Gasteiger partial charge in [0, 0.05) is 31.6 Å². The van der Waals surface area contributed by atoms with Gasteiger partial charge in [-0.25, -0.2) is 19.1 Å². The molecule has 1 aliphatic heterocycles. The fraction of sp³-hybridized carbons (Fsp3) is 0.744. The number of nitrogens with zero attached hydrogens (tertiary/aromatic N) is 3. The molecular formula is C39H63N5O10. The molecule has 15 heteroatoms. The lowest BCUT2D eigenvalue weighted by Gasteiger charge is -2.36. The number of aliphatic carboxylic acids is 1. The number of aromatic nitrogens is 2. The van der Waals surface area contributed by atoms with Gasteiger partial charge in [-0.1, -0.05) is 57.8 Å². The highest BCUT2D eigenvalue weighted by molar-refractivity contribution is 5.95. The van der Waals surface area contributed by atoms with Crippen LogP contribution in [0.5, 0.6) is 0 Å². The molecule has 3 atom stereocenters. The monoisotopic (exact) mass is 761 g/mol. The Hall–Kier alpha value is -4.30. The molecule has 3 amide bonds. The van der Waals surface area contributed by atoms with Gasteiger partial charge in [0.05, 0.1) is 24.0 Å². The van der Waals surface area contributed by atoms with Gasteiger partial charge in [-0.3, -0.25) is 24.1 Å². The molecule has 1 aromatic rings. The Labute approximate surface area is 319 Å². The van der Waals surface area contributed by atoms with Crippen molar-refractivity contribution in [3.8, 4) is 0 Å². The van der Waals surface area contributed by atoms with Gasteiger partial charge in [-0.2, -0.15) is 0 Å². The van der Waals surface area contributed by atoms with Gasteiger partial charge in [0.2, 0.25) is 11.8 Å². The number of primary amides is 1. The van der Waals surface area contributed by atoms with Crippen molar-refractivity contribution < 1.29 is 48.1 Å². The summed E-state index contributed by atoms with van der Waals surface area (Å²) in [6, 6.07) is -2.33. The number of ether oxygens (including phenoxy) is 2. The first-order valence-corrected chi connectivity index (χ1v) is 19.4. The quantitative estimate of drug-likeness (QED) is 0.0867. The van der Waals surface area contributed by atoms with E-state index in [9.17, 15) is 38.7 Å². The SMILES string of the molecule is CC(C)(C)OC(=O)N1Cc2c(ncn2C(=O)OC(C)(C)C)C[C@H]1C(=O)N[C@@H](CCCC(=O)O)C(=O)C(CCCCCCCCCCCCC=O)CC(N)=O. The van der Waals surface area contributed by atoms with Crippen LogP contribution in [0.25, 0.3) is 0 Å². The van der Waals surface area contributed by atoms with E-state index >= 15 is 0 Å². The summed E-state index contributed by atoms with van der Waals surface area (Å²) in [4.78, 5) is 94.1. The number of aldehydes is 1. The Morgan fingerprint density at radius 1 is 0.870 bits per heavy atom. The number of nitrogens with one attached hydrogen (secondary N) is 1.